The average Bonchev–Trinajstić information content (AvgIpc) is 2.83. The zero-order valence-electron chi connectivity index (χ0n) is 17.6. The van der Waals surface area contributed by atoms with Gasteiger partial charge in [0.05, 0.1) is 16.9 Å². The highest BCUT2D eigenvalue weighted by Crippen LogP contribution is 2.34. The molecule has 0 N–H and O–H groups in total. The maximum atomic E-state index is 13.1. The number of hydrogen-bond acceptors (Lipinski definition) is 6. The van der Waals surface area contributed by atoms with Crippen LogP contribution in [0.5, 0.6) is 5.75 Å². The molecule has 0 aliphatic rings. The largest absolute Gasteiger partial charge is 0.486 e. The van der Waals surface area contributed by atoms with Crippen molar-refractivity contribution in [3.05, 3.63) is 95.8 Å². The Morgan fingerprint density at radius 2 is 1.53 bits per heavy atom. The molecule has 0 atom stereocenters. The number of ether oxygens (including phenoxy) is 2. The molecule has 32 heavy (non-hydrogen) atoms. The molecule has 0 aliphatic heterocycles. The molecule has 7 heteroatoms. The van der Waals surface area contributed by atoms with Crippen LogP contribution in [0.1, 0.15) is 21.7 Å². The third-order valence-electron chi connectivity index (χ3n) is 5.09. The van der Waals surface area contributed by atoms with Crippen LogP contribution in [0.15, 0.2) is 88.7 Å². The minimum absolute atomic E-state index is 0.0482. The van der Waals surface area contributed by atoms with Crippen LogP contribution in [0.25, 0.3) is 10.8 Å². The smallest absolute Gasteiger partial charge is 0.360 e. The van der Waals surface area contributed by atoms with Gasteiger partial charge in [-0.15, -0.1) is 0 Å². The molecule has 4 aromatic rings. The molecule has 3 aromatic carbocycles. The topological polar surface area (TPSA) is 82.6 Å². The maximum Gasteiger partial charge on any atom is 0.360 e. The van der Waals surface area contributed by atoms with E-state index in [1.165, 1.54) is 13.2 Å². The number of hydrogen-bond donors (Lipinski definition) is 0. The van der Waals surface area contributed by atoms with Crippen LogP contribution in [0.4, 0.5) is 0 Å². The van der Waals surface area contributed by atoms with E-state index >= 15 is 0 Å². The fourth-order valence-corrected chi connectivity index (χ4v) is 4.75. The Balaban J connectivity index is 1.85. The van der Waals surface area contributed by atoms with Gasteiger partial charge in [-0.05, 0) is 42.8 Å². The molecule has 0 radical (unpaired) electrons. The number of benzene rings is 3. The van der Waals surface area contributed by atoms with Crippen molar-refractivity contribution in [2.24, 2.45) is 0 Å². The van der Waals surface area contributed by atoms with Crippen molar-refractivity contribution in [1.29, 1.82) is 0 Å². The van der Waals surface area contributed by atoms with Crippen molar-refractivity contribution >= 4 is 26.6 Å². The number of aryl methyl sites for hydroxylation is 1. The lowest BCUT2D eigenvalue weighted by molar-refractivity contribution is 0.0588. The Morgan fingerprint density at radius 3 is 2.19 bits per heavy atom. The molecule has 0 aliphatic carbocycles. The molecule has 0 unspecified atom stereocenters. The number of pyridine rings is 1. The number of carbonyl (C=O) groups excluding carboxylic acids is 1. The van der Waals surface area contributed by atoms with E-state index in [9.17, 15) is 13.2 Å². The van der Waals surface area contributed by atoms with E-state index in [-0.39, 0.29) is 27.8 Å². The number of nitrogens with zero attached hydrogens (tertiary/aromatic N) is 1. The van der Waals surface area contributed by atoms with Crippen LogP contribution in [-0.2, 0) is 21.2 Å². The van der Waals surface area contributed by atoms with E-state index in [1.807, 2.05) is 30.3 Å². The van der Waals surface area contributed by atoms with Crippen LogP contribution in [0.2, 0.25) is 0 Å². The Morgan fingerprint density at radius 1 is 0.875 bits per heavy atom. The molecule has 162 valence electrons. The molecule has 0 bridgehead atoms. The van der Waals surface area contributed by atoms with Crippen LogP contribution >= 0.6 is 0 Å². The zero-order valence-corrected chi connectivity index (χ0v) is 18.4. The molecule has 0 spiro atoms. The highest BCUT2D eigenvalue weighted by molar-refractivity contribution is 7.91. The number of sulfone groups is 1. The molecule has 1 aromatic heterocycles. The summed E-state index contributed by atoms with van der Waals surface area (Å²) in [5.41, 5.74) is 1.46. The van der Waals surface area contributed by atoms with Crippen molar-refractivity contribution in [3.8, 4) is 5.75 Å². The summed E-state index contributed by atoms with van der Waals surface area (Å²) in [6.07, 6.45) is 0. The van der Waals surface area contributed by atoms with Gasteiger partial charge < -0.3 is 9.47 Å². The Hall–Kier alpha value is -3.71. The molecule has 0 saturated heterocycles. The molecular formula is C25H21NO5S. The number of aromatic nitrogens is 1. The highest BCUT2D eigenvalue weighted by Gasteiger charge is 2.23. The first-order chi connectivity index (χ1) is 15.4. The number of esters is 1. The van der Waals surface area contributed by atoms with Crippen molar-refractivity contribution < 1.29 is 22.7 Å². The van der Waals surface area contributed by atoms with Gasteiger partial charge in [0.2, 0.25) is 9.84 Å². The number of methoxy groups -OCH3 is 1. The second kappa shape index (κ2) is 8.80. The fourth-order valence-electron chi connectivity index (χ4n) is 3.44. The summed E-state index contributed by atoms with van der Waals surface area (Å²) >= 11 is 0. The summed E-state index contributed by atoms with van der Waals surface area (Å²) in [5, 5.41) is 1.17. The van der Waals surface area contributed by atoms with Gasteiger partial charge in [0.1, 0.15) is 6.61 Å². The summed E-state index contributed by atoms with van der Waals surface area (Å²) in [6, 6.07) is 22.5. The van der Waals surface area contributed by atoms with E-state index in [1.54, 1.807) is 49.4 Å². The van der Waals surface area contributed by atoms with Crippen LogP contribution in [-0.4, -0.2) is 26.5 Å². The van der Waals surface area contributed by atoms with Gasteiger partial charge in [-0.3, -0.25) is 0 Å². The summed E-state index contributed by atoms with van der Waals surface area (Å²) in [6.45, 7) is 1.93. The summed E-state index contributed by atoms with van der Waals surface area (Å²) in [7, 11) is -2.43. The quantitative estimate of drug-likeness (QED) is 0.397. The van der Waals surface area contributed by atoms with Gasteiger partial charge in [-0.2, -0.15) is 0 Å². The van der Waals surface area contributed by atoms with Crippen molar-refractivity contribution in [2.45, 2.75) is 23.3 Å². The molecular weight excluding hydrogens is 426 g/mol. The van der Waals surface area contributed by atoms with Crippen molar-refractivity contribution in [1.82, 2.24) is 4.98 Å². The second-order valence-electron chi connectivity index (χ2n) is 7.16. The fraction of sp³-hybridized carbons (Fsp3) is 0.120. The Kier molecular flexibility index (Phi) is 5.92. The minimum atomic E-state index is -3.71. The van der Waals surface area contributed by atoms with Crippen LogP contribution in [0, 0.1) is 6.92 Å². The third kappa shape index (κ3) is 4.07. The lowest BCUT2D eigenvalue weighted by atomic mass is 10.1. The van der Waals surface area contributed by atoms with E-state index in [0.717, 1.165) is 5.56 Å². The van der Waals surface area contributed by atoms with Crippen molar-refractivity contribution in [2.75, 3.05) is 7.11 Å². The van der Waals surface area contributed by atoms with E-state index in [2.05, 4.69) is 4.98 Å². The molecule has 0 fully saturated rings. The molecule has 4 rings (SSSR count). The van der Waals surface area contributed by atoms with Gasteiger partial charge in [-0.25, -0.2) is 18.2 Å². The zero-order chi connectivity index (χ0) is 22.7. The van der Waals surface area contributed by atoms with Gasteiger partial charge >= 0.3 is 5.97 Å². The molecule has 1 heterocycles. The molecule has 0 saturated carbocycles. The minimum Gasteiger partial charge on any atom is -0.486 e. The summed E-state index contributed by atoms with van der Waals surface area (Å²) < 4.78 is 37.1. The number of carbonyl (C=O) groups is 1. The third-order valence-corrected chi connectivity index (χ3v) is 6.86. The number of fused-ring (bicyclic) bond motifs is 1. The van der Waals surface area contributed by atoms with E-state index in [0.29, 0.717) is 16.5 Å². The first-order valence-electron chi connectivity index (χ1n) is 9.91. The first-order valence-corrected chi connectivity index (χ1v) is 11.4. The lowest BCUT2D eigenvalue weighted by Crippen LogP contribution is -2.10. The predicted molar refractivity (Wildman–Crippen MR) is 120 cm³/mol. The normalized spacial score (nSPS) is 11.3. The van der Waals surface area contributed by atoms with Crippen LogP contribution < -0.4 is 4.74 Å². The standard InChI is InChI=1S/C25H21NO5S/c1-17-22-15-20(32(28,29)19-11-7-4-8-12-19)13-14-21(22)24(23(26-17)25(27)30-2)31-16-18-9-5-3-6-10-18/h3-15H,16H2,1-2H3. The Bertz CT molecular complexity index is 1380. The SMILES string of the molecule is COC(=O)c1nc(C)c2cc(S(=O)(=O)c3ccccc3)ccc2c1OCc1ccccc1. The molecule has 6 nitrogen and oxygen atoms in total. The maximum absolute atomic E-state index is 13.1. The molecule has 0 amide bonds. The van der Waals surface area contributed by atoms with Gasteiger partial charge in [0.15, 0.2) is 11.4 Å². The first kappa shape index (κ1) is 21.5. The van der Waals surface area contributed by atoms with E-state index < -0.39 is 15.8 Å². The van der Waals surface area contributed by atoms with Crippen LogP contribution in [0.3, 0.4) is 0 Å². The summed E-state index contributed by atoms with van der Waals surface area (Å²) in [4.78, 5) is 17.1. The van der Waals surface area contributed by atoms with Gasteiger partial charge in [0.25, 0.3) is 0 Å². The van der Waals surface area contributed by atoms with Crippen molar-refractivity contribution in [3.63, 3.8) is 0 Å². The Labute approximate surface area is 186 Å². The van der Waals surface area contributed by atoms with Gasteiger partial charge in [-0.1, -0.05) is 48.5 Å². The average molecular weight is 448 g/mol. The number of rotatable bonds is 6. The highest BCUT2D eigenvalue weighted by atomic mass is 32.2. The monoisotopic (exact) mass is 447 g/mol. The van der Waals surface area contributed by atoms with E-state index in [4.69, 9.17) is 9.47 Å². The summed E-state index contributed by atoms with van der Waals surface area (Å²) in [5.74, 6) is -0.371. The second-order valence-corrected chi connectivity index (χ2v) is 9.11. The predicted octanol–water partition coefficient (Wildman–Crippen LogP) is 4.74. The lowest BCUT2D eigenvalue weighted by Gasteiger charge is -2.15. The van der Waals surface area contributed by atoms with Gasteiger partial charge in [0, 0.05) is 16.5 Å².